The summed E-state index contributed by atoms with van der Waals surface area (Å²) < 4.78 is 23.2. The molecule has 6 nitrogen and oxygen atoms in total. The Kier molecular flexibility index (Phi) is 4.16. The lowest BCUT2D eigenvalue weighted by molar-refractivity contribution is -0.138. The van der Waals surface area contributed by atoms with Gasteiger partial charge in [-0.3, -0.25) is 14.7 Å². The molecule has 0 aromatic carbocycles. The van der Waals surface area contributed by atoms with Gasteiger partial charge in [0.05, 0.1) is 23.6 Å². The predicted octanol–water partition coefficient (Wildman–Crippen LogP) is 0.155. The van der Waals surface area contributed by atoms with E-state index in [2.05, 4.69) is 4.98 Å². The van der Waals surface area contributed by atoms with Crippen molar-refractivity contribution < 1.29 is 18.3 Å². The highest BCUT2D eigenvalue weighted by Crippen LogP contribution is 2.17. The Morgan fingerprint density at radius 2 is 2.26 bits per heavy atom. The van der Waals surface area contributed by atoms with Crippen molar-refractivity contribution in [1.82, 2.24) is 9.88 Å². The van der Waals surface area contributed by atoms with Crippen LogP contribution < -0.4 is 0 Å². The van der Waals surface area contributed by atoms with Gasteiger partial charge in [-0.25, -0.2) is 8.42 Å². The predicted molar refractivity (Wildman–Crippen MR) is 69.3 cm³/mol. The SMILES string of the molecule is O=C(O)CC1CS(=O)(=O)CCN1Cc1ccccn1. The number of hydrogen-bond acceptors (Lipinski definition) is 5. The molecule has 2 heterocycles. The molecule has 0 spiro atoms. The van der Waals surface area contributed by atoms with Gasteiger partial charge < -0.3 is 5.11 Å². The molecule has 1 saturated heterocycles. The van der Waals surface area contributed by atoms with E-state index in [1.54, 1.807) is 12.3 Å². The Bertz CT molecular complexity index is 544. The minimum atomic E-state index is -3.13. The zero-order valence-corrected chi connectivity index (χ0v) is 11.2. The summed E-state index contributed by atoms with van der Waals surface area (Å²) in [5.74, 6) is -0.990. The van der Waals surface area contributed by atoms with E-state index in [-0.39, 0.29) is 17.9 Å². The molecule has 1 aliphatic rings. The van der Waals surface area contributed by atoms with Crippen LogP contribution in [0.5, 0.6) is 0 Å². The van der Waals surface area contributed by atoms with Crippen LogP contribution in [-0.4, -0.2) is 53.5 Å². The first-order valence-electron chi connectivity index (χ1n) is 6.02. The van der Waals surface area contributed by atoms with Crippen molar-refractivity contribution in [1.29, 1.82) is 0 Å². The third kappa shape index (κ3) is 4.00. The van der Waals surface area contributed by atoms with Crippen LogP contribution in [0, 0.1) is 0 Å². The van der Waals surface area contributed by atoms with E-state index in [0.29, 0.717) is 13.1 Å². The molecule has 1 N–H and O–H groups in total. The highest BCUT2D eigenvalue weighted by Gasteiger charge is 2.32. The molecule has 1 aromatic heterocycles. The van der Waals surface area contributed by atoms with Crippen LogP contribution in [0.25, 0.3) is 0 Å². The van der Waals surface area contributed by atoms with Crippen LogP contribution in [-0.2, 0) is 21.2 Å². The summed E-state index contributed by atoms with van der Waals surface area (Å²) >= 11 is 0. The second kappa shape index (κ2) is 5.66. The molecule has 1 atom stereocenters. The number of carboxylic acid groups (broad SMARTS) is 1. The molecule has 0 radical (unpaired) electrons. The van der Waals surface area contributed by atoms with Gasteiger partial charge in [0.2, 0.25) is 0 Å². The van der Waals surface area contributed by atoms with E-state index < -0.39 is 21.8 Å². The van der Waals surface area contributed by atoms with Crippen molar-refractivity contribution in [2.45, 2.75) is 19.0 Å². The van der Waals surface area contributed by atoms with Gasteiger partial charge in [0.1, 0.15) is 0 Å². The maximum absolute atomic E-state index is 11.6. The quantitative estimate of drug-likeness (QED) is 0.847. The van der Waals surface area contributed by atoms with E-state index in [1.165, 1.54) is 0 Å². The summed E-state index contributed by atoms with van der Waals surface area (Å²) in [5, 5.41) is 8.88. The summed E-state index contributed by atoms with van der Waals surface area (Å²) in [5.41, 5.74) is 0.817. The number of sulfone groups is 1. The number of aromatic nitrogens is 1. The molecule has 0 amide bonds. The Labute approximate surface area is 112 Å². The number of rotatable bonds is 4. The summed E-state index contributed by atoms with van der Waals surface area (Å²) in [6.07, 6.45) is 1.51. The normalized spacial score (nSPS) is 23.1. The molecular weight excluding hydrogens is 268 g/mol. The molecule has 104 valence electrons. The fourth-order valence-electron chi connectivity index (χ4n) is 2.22. The summed E-state index contributed by atoms with van der Waals surface area (Å²) in [4.78, 5) is 16.9. The van der Waals surface area contributed by atoms with Crippen LogP contribution >= 0.6 is 0 Å². The van der Waals surface area contributed by atoms with Gasteiger partial charge in [-0.1, -0.05) is 6.07 Å². The second-order valence-corrected chi connectivity index (χ2v) is 6.89. The highest BCUT2D eigenvalue weighted by molar-refractivity contribution is 7.91. The largest absolute Gasteiger partial charge is 0.481 e. The monoisotopic (exact) mass is 284 g/mol. The van der Waals surface area contributed by atoms with Gasteiger partial charge in [0, 0.05) is 25.3 Å². The first-order valence-corrected chi connectivity index (χ1v) is 7.84. The van der Waals surface area contributed by atoms with Gasteiger partial charge in [0.15, 0.2) is 9.84 Å². The van der Waals surface area contributed by atoms with Crippen LogP contribution in [0.3, 0.4) is 0 Å². The van der Waals surface area contributed by atoms with Gasteiger partial charge in [-0.2, -0.15) is 0 Å². The number of hydrogen-bond donors (Lipinski definition) is 1. The maximum Gasteiger partial charge on any atom is 0.304 e. The molecule has 2 rings (SSSR count). The van der Waals surface area contributed by atoms with Gasteiger partial charge in [0.25, 0.3) is 0 Å². The fraction of sp³-hybridized carbons (Fsp3) is 0.500. The number of pyridine rings is 1. The van der Waals surface area contributed by atoms with Gasteiger partial charge in [-0.05, 0) is 12.1 Å². The minimum Gasteiger partial charge on any atom is -0.481 e. The van der Waals surface area contributed by atoms with Crippen LogP contribution in [0.2, 0.25) is 0 Å². The smallest absolute Gasteiger partial charge is 0.304 e. The lowest BCUT2D eigenvalue weighted by atomic mass is 10.2. The number of aliphatic carboxylic acids is 1. The highest BCUT2D eigenvalue weighted by atomic mass is 32.2. The molecule has 1 unspecified atom stereocenters. The average Bonchev–Trinajstić information content (AvgIpc) is 2.33. The lowest BCUT2D eigenvalue weighted by Crippen LogP contribution is -2.48. The number of carbonyl (C=O) groups is 1. The van der Waals surface area contributed by atoms with Crippen LogP contribution in [0.1, 0.15) is 12.1 Å². The van der Waals surface area contributed by atoms with E-state index in [0.717, 1.165) is 5.69 Å². The molecule has 1 fully saturated rings. The molecular formula is C12H16N2O4S. The molecule has 0 bridgehead atoms. The standard InChI is InChI=1S/C12H16N2O4S/c15-12(16)7-11-9-19(17,18)6-5-14(11)8-10-3-1-2-4-13-10/h1-4,11H,5-9H2,(H,15,16). The second-order valence-electron chi connectivity index (χ2n) is 4.66. The van der Waals surface area contributed by atoms with Crippen LogP contribution in [0.15, 0.2) is 24.4 Å². The molecule has 1 aliphatic heterocycles. The van der Waals surface area contributed by atoms with E-state index in [4.69, 9.17) is 5.11 Å². The van der Waals surface area contributed by atoms with Crippen LogP contribution in [0.4, 0.5) is 0 Å². The number of carboxylic acids is 1. The molecule has 1 aromatic rings. The van der Waals surface area contributed by atoms with Crippen molar-refractivity contribution in [2.24, 2.45) is 0 Å². The van der Waals surface area contributed by atoms with Gasteiger partial charge in [-0.15, -0.1) is 0 Å². The average molecular weight is 284 g/mol. The Balaban J connectivity index is 2.11. The summed E-state index contributed by atoms with van der Waals surface area (Å²) in [6.45, 7) is 0.838. The van der Waals surface area contributed by atoms with Crippen molar-refractivity contribution >= 4 is 15.8 Å². The lowest BCUT2D eigenvalue weighted by Gasteiger charge is -2.34. The zero-order valence-electron chi connectivity index (χ0n) is 10.4. The molecule has 0 aliphatic carbocycles. The van der Waals surface area contributed by atoms with Gasteiger partial charge >= 0.3 is 5.97 Å². The minimum absolute atomic E-state index is 0.0793. The van der Waals surface area contributed by atoms with Crippen molar-refractivity contribution in [3.8, 4) is 0 Å². The number of nitrogens with zero attached hydrogens (tertiary/aromatic N) is 2. The third-order valence-corrected chi connectivity index (χ3v) is 4.85. The summed E-state index contributed by atoms with van der Waals surface area (Å²) in [7, 11) is -3.13. The third-order valence-electron chi connectivity index (χ3n) is 3.15. The van der Waals surface area contributed by atoms with Crippen molar-refractivity contribution in [3.63, 3.8) is 0 Å². The Hall–Kier alpha value is -1.47. The molecule has 19 heavy (non-hydrogen) atoms. The first kappa shape index (κ1) is 14.0. The first-order chi connectivity index (χ1) is 8.96. The summed E-state index contributed by atoms with van der Waals surface area (Å²) in [6, 6.07) is 5.04. The fourth-order valence-corrected chi connectivity index (χ4v) is 3.81. The maximum atomic E-state index is 11.6. The van der Waals surface area contributed by atoms with E-state index in [9.17, 15) is 13.2 Å². The van der Waals surface area contributed by atoms with Crippen molar-refractivity contribution in [2.75, 3.05) is 18.1 Å². The Morgan fingerprint density at radius 1 is 1.47 bits per heavy atom. The zero-order chi connectivity index (χ0) is 13.9. The van der Waals surface area contributed by atoms with Crippen molar-refractivity contribution in [3.05, 3.63) is 30.1 Å². The van der Waals surface area contributed by atoms with E-state index >= 15 is 0 Å². The topological polar surface area (TPSA) is 87.6 Å². The molecule has 7 heteroatoms. The Morgan fingerprint density at radius 3 is 2.89 bits per heavy atom. The van der Waals surface area contributed by atoms with E-state index in [1.807, 2.05) is 17.0 Å². The molecule has 0 saturated carbocycles.